The number of hydrogen-bond donors (Lipinski definition) is 0. The zero-order valence-corrected chi connectivity index (χ0v) is 25.0. The maximum atomic E-state index is 4.93. The van der Waals surface area contributed by atoms with Crippen LogP contribution in [0.2, 0.25) is 0 Å². The second-order valence-electron chi connectivity index (χ2n) is 8.55. The van der Waals surface area contributed by atoms with Crippen molar-refractivity contribution < 1.29 is 20.8 Å². The van der Waals surface area contributed by atoms with Crippen LogP contribution in [0, 0.1) is 59.2 Å². The first kappa shape index (κ1) is 29.1. The Balaban J connectivity index is 0.000000209. The second-order valence-corrected chi connectivity index (χ2v) is 12.3. The minimum atomic E-state index is -0.826. The molecule has 2 fully saturated rings. The maximum absolute atomic E-state index is 4.93. The van der Waals surface area contributed by atoms with Gasteiger partial charge < -0.3 is 0 Å². The fourth-order valence-corrected chi connectivity index (χ4v) is 4.51. The van der Waals surface area contributed by atoms with E-state index in [0.29, 0.717) is 0 Å². The molecule has 0 saturated heterocycles. The van der Waals surface area contributed by atoms with Gasteiger partial charge in [-0.2, -0.15) is 0 Å². The van der Waals surface area contributed by atoms with E-state index in [1.165, 1.54) is 70.3 Å². The topological polar surface area (TPSA) is 0 Å². The van der Waals surface area contributed by atoms with Crippen molar-refractivity contribution >= 4 is 17.0 Å². The summed E-state index contributed by atoms with van der Waals surface area (Å²) < 4.78 is 0. The quantitative estimate of drug-likeness (QED) is 0.346. The summed E-state index contributed by atoms with van der Waals surface area (Å²) >= 11 is -0.826. The summed E-state index contributed by atoms with van der Waals surface area (Å²) in [6.07, 6.45) is 0. The zero-order chi connectivity index (χ0) is 24.7. The molecule has 2 aromatic rings. The van der Waals surface area contributed by atoms with Gasteiger partial charge in [-0.05, 0) is 58.5 Å². The van der Waals surface area contributed by atoms with E-state index in [-0.39, 0.29) is 0 Å². The first-order valence-electron chi connectivity index (χ1n) is 11.2. The number of halogens is 2. The Kier molecular flexibility index (Phi) is 12.2. The summed E-state index contributed by atoms with van der Waals surface area (Å²) in [4.78, 5) is 0. The van der Waals surface area contributed by atoms with E-state index in [1.807, 2.05) is 0 Å². The Morgan fingerprint density at radius 3 is 0.818 bits per heavy atom. The molecule has 0 amide bonds. The van der Waals surface area contributed by atoms with Crippen molar-refractivity contribution in [1.29, 1.82) is 0 Å². The van der Waals surface area contributed by atoms with E-state index in [9.17, 15) is 0 Å². The summed E-state index contributed by atoms with van der Waals surface area (Å²) in [5, 5.41) is 0. The molecule has 0 atom stereocenters. The van der Waals surface area contributed by atoms with Crippen LogP contribution in [0.5, 0.6) is 0 Å². The summed E-state index contributed by atoms with van der Waals surface area (Å²) in [5.41, 5.74) is 2.67. The average molecular weight is 557 g/mol. The Labute approximate surface area is 222 Å². The van der Waals surface area contributed by atoms with Crippen LogP contribution in [0.4, 0.5) is 0 Å². The van der Waals surface area contributed by atoms with E-state index >= 15 is 0 Å². The molecule has 0 aliphatic heterocycles. The molecule has 0 bridgehead atoms. The molecule has 0 N–H and O–H groups in total. The SMILES string of the molecule is C[C]1[C](C)[C](C)[C](c2ccccc2)[C]1C.C[C]1[C](C)[C](C)[C](c2ccccc2)[C]1C.[Cl][Zr+2][Cl]. The van der Waals surface area contributed by atoms with E-state index in [0.717, 1.165) is 0 Å². The zero-order valence-electron chi connectivity index (χ0n) is 21.0. The molecule has 2 aromatic carbocycles. The third-order valence-electron chi connectivity index (χ3n) is 7.00. The fraction of sp³-hybridized carbons (Fsp3) is 0.267. The molecule has 0 nitrogen and oxygen atoms in total. The molecule has 0 aromatic heterocycles. The molecular weight excluding hydrogens is 522 g/mol. The van der Waals surface area contributed by atoms with Gasteiger partial charge in [0.1, 0.15) is 0 Å². The van der Waals surface area contributed by atoms with E-state index in [4.69, 9.17) is 17.0 Å². The van der Waals surface area contributed by atoms with Crippen LogP contribution in [0.25, 0.3) is 0 Å². The summed E-state index contributed by atoms with van der Waals surface area (Å²) in [5.74, 6) is 14.3. The van der Waals surface area contributed by atoms with Crippen molar-refractivity contribution in [3.05, 3.63) is 131 Å². The molecule has 2 aliphatic rings. The van der Waals surface area contributed by atoms with Gasteiger partial charge in [0, 0.05) is 11.8 Å². The van der Waals surface area contributed by atoms with Crippen molar-refractivity contribution in [2.24, 2.45) is 0 Å². The standard InChI is InChI=1S/2C15H17.2ClH.Zr/c2*1-10-11(2)13(4)15(12(10)3)14-8-6-5-7-9-14;;;/h2*5-9H,1-4H3;2*1H;/q;;;;+4/p-2. The van der Waals surface area contributed by atoms with Crippen LogP contribution in [0.15, 0.2) is 60.7 Å². The molecule has 10 radical (unpaired) electrons. The van der Waals surface area contributed by atoms with Crippen LogP contribution < -0.4 is 0 Å². The number of rotatable bonds is 2. The average Bonchev–Trinajstić information content (AvgIpc) is 3.14. The number of hydrogen-bond acceptors (Lipinski definition) is 0. The Morgan fingerprint density at radius 2 is 0.606 bits per heavy atom. The monoisotopic (exact) mass is 554 g/mol. The molecule has 0 spiro atoms. The van der Waals surface area contributed by atoms with Crippen molar-refractivity contribution in [3.63, 3.8) is 0 Å². The first-order valence-corrected chi connectivity index (χ1v) is 17.5. The van der Waals surface area contributed by atoms with Gasteiger partial charge in [-0.15, -0.1) is 0 Å². The van der Waals surface area contributed by atoms with E-state index in [1.54, 1.807) is 0 Å². The van der Waals surface area contributed by atoms with Crippen molar-refractivity contribution in [2.45, 2.75) is 55.4 Å². The Morgan fingerprint density at radius 1 is 0.394 bits per heavy atom. The molecular formula is C30H34Cl2Zr+2. The molecule has 33 heavy (non-hydrogen) atoms. The fourth-order valence-electron chi connectivity index (χ4n) is 4.51. The summed E-state index contributed by atoms with van der Waals surface area (Å²) in [6, 6.07) is 21.3. The molecule has 3 heteroatoms. The minimum absolute atomic E-state index is 0.826. The normalized spacial score (nSPS) is 20.9. The molecule has 2 saturated carbocycles. The summed E-state index contributed by atoms with van der Waals surface area (Å²) in [6.45, 7) is 17.7. The van der Waals surface area contributed by atoms with Crippen LogP contribution >= 0.6 is 17.0 Å². The van der Waals surface area contributed by atoms with Gasteiger partial charge in [-0.3, -0.25) is 0 Å². The molecule has 0 heterocycles. The van der Waals surface area contributed by atoms with E-state index < -0.39 is 20.8 Å². The van der Waals surface area contributed by atoms with Gasteiger partial charge in [-0.1, -0.05) is 116 Å². The van der Waals surface area contributed by atoms with Crippen molar-refractivity contribution in [2.75, 3.05) is 0 Å². The van der Waals surface area contributed by atoms with Crippen LogP contribution in [0.1, 0.15) is 66.5 Å². The molecule has 2 aliphatic carbocycles. The van der Waals surface area contributed by atoms with Crippen LogP contribution in [-0.2, 0) is 20.8 Å². The van der Waals surface area contributed by atoms with Gasteiger partial charge in [0.15, 0.2) is 0 Å². The van der Waals surface area contributed by atoms with Gasteiger partial charge in [-0.25, -0.2) is 0 Å². The molecule has 170 valence electrons. The van der Waals surface area contributed by atoms with Crippen LogP contribution in [-0.4, -0.2) is 0 Å². The third-order valence-corrected chi connectivity index (χ3v) is 7.00. The Bertz CT molecular complexity index is 700. The van der Waals surface area contributed by atoms with Gasteiger partial charge in [0.25, 0.3) is 0 Å². The predicted molar refractivity (Wildman–Crippen MR) is 141 cm³/mol. The van der Waals surface area contributed by atoms with Crippen molar-refractivity contribution in [1.82, 2.24) is 0 Å². The summed E-state index contributed by atoms with van der Waals surface area (Å²) in [7, 11) is 9.87. The van der Waals surface area contributed by atoms with E-state index in [2.05, 4.69) is 116 Å². The van der Waals surface area contributed by atoms with Crippen LogP contribution in [0.3, 0.4) is 0 Å². The third kappa shape index (κ3) is 6.99. The van der Waals surface area contributed by atoms with Gasteiger partial charge in [0.2, 0.25) is 0 Å². The number of benzene rings is 2. The molecule has 0 unspecified atom stereocenters. The van der Waals surface area contributed by atoms with Gasteiger partial charge >= 0.3 is 37.9 Å². The second kappa shape index (κ2) is 13.8. The Hall–Kier alpha value is -0.0969. The first-order chi connectivity index (χ1) is 15.7. The predicted octanol–water partition coefficient (Wildman–Crippen LogP) is 9.38. The van der Waals surface area contributed by atoms with Gasteiger partial charge in [0.05, 0.1) is 0 Å². The van der Waals surface area contributed by atoms with Crippen molar-refractivity contribution in [3.8, 4) is 0 Å². The molecule has 4 rings (SSSR count).